The first-order valence-corrected chi connectivity index (χ1v) is 5.87. The molecule has 6 heteroatoms. The second-order valence-corrected chi connectivity index (χ2v) is 4.34. The average molecular weight is 265 g/mol. The highest BCUT2D eigenvalue weighted by molar-refractivity contribution is 5.75. The van der Waals surface area contributed by atoms with Gasteiger partial charge >= 0.3 is 12.1 Å². The van der Waals surface area contributed by atoms with Gasteiger partial charge in [-0.1, -0.05) is 12.1 Å². The molecule has 1 heterocycles. The fourth-order valence-electron chi connectivity index (χ4n) is 1.89. The van der Waals surface area contributed by atoms with Gasteiger partial charge in [0.25, 0.3) is 0 Å². The fourth-order valence-corrected chi connectivity index (χ4v) is 1.89. The van der Waals surface area contributed by atoms with Crippen LogP contribution in [0.15, 0.2) is 24.3 Å². The highest BCUT2D eigenvalue weighted by Crippen LogP contribution is 2.17. The minimum absolute atomic E-state index is 0.0622. The summed E-state index contributed by atoms with van der Waals surface area (Å²) in [7, 11) is 1.58. The number of methoxy groups -OCH3 is 1. The van der Waals surface area contributed by atoms with Gasteiger partial charge in [-0.2, -0.15) is 0 Å². The molecule has 1 atom stereocenters. The van der Waals surface area contributed by atoms with Gasteiger partial charge < -0.3 is 19.5 Å². The van der Waals surface area contributed by atoms with Gasteiger partial charge in [0.05, 0.1) is 7.11 Å². The molecule has 1 aliphatic heterocycles. The van der Waals surface area contributed by atoms with Crippen molar-refractivity contribution >= 4 is 12.1 Å². The van der Waals surface area contributed by atoms with Crippen molar-refractivity contribution in [2.45, 2.75) is 6.54 Å². The molecule has 1 aromatic rings. The van der Waals surface area contributed by atoms with E-state index >= 15 is 0 Å². The van der Waals surface area contributed by atoms with Crippen LogP contribution in [-0.4, -0.2) is 42.3 Å². The molecule has 0 aromatic heterocycles. The average Bonchev–Trinajstić information content (AvgIpc) is 2.42. The molecule has 1 aromatic carbocycles. The molecule has 19 heavy (non-hydrogen) atoms. The number of benzene rings is 1. The lowest BCUT2D eigenvalue weighted by Gasteiger charge is -2.30. The molecular formula is C13H15NO5. The monoisotopic (exact) mass is 265 g/mol. The number of hydrogen-bond donors (Lipinski definition) is 1. The van der Waals surface area contributed by atoms with Crippen molar-refractivity contribution in [1.82, 2.24) is 4.90 Å². The third-order valence-electron chi connectivity index (χ3n) is 2.99. The largest absolute Gasteiger partial charge is 0.497 e. The molecule has 0 bridgehead atoms. The molecule has 102 valence electrons. The van der Waals surface area contributed by atoms with E-state index in [-0.39, 0.29) is 13.2 Å². The predicted octanol–water partition coefficient (Wildman–Crippen LogP) is 1.35. The quantitative estimate of drug-likeness (QED) is 0.889. The van der Waals surface area contributed by atoms with Crippen LogP contribution in [0.1, 0.15) is 5.56 Å². The molecule has 0 spiro atoms. The zero-order chi connectivity index (χ0) is 13.8. The number of carbonyl (C=O) groups excluding carboxylic acids is 1. The van der Waals surface area contributed by atoms with Crippen LogP contribution < -0.4 is 4.74 Å². The maximum atomic E-state index is 11.6. The second-order valence-electron chi connectivity index (χ2n) is 4.34. The SMILES string of the molecule is COc1ccc(CN2CC(C(=O)O)COC2=O)cc1. The van der Waals surface area contributed by atoms with Crippen LogP contribution in [0.2, 0.25) is 0 Å². The molecule has 1 fully saturated rings. The van der Waals surface area contributed by atoms with E-state index in [4.69, 9.17) is 14.6 Å². The van der Waals surface area contributed by atoms with Crippen molar-refractivity contribution in [2.24, 2.45) is 5.92 Å². The van der Waals surface area contributed by atoms with E-state index in [1.54, 1.807) is 19.2 Å². The van der Waals surface area contributed by atoms with E-state index in [1.807, 2.05) is 12.1 Å². The fraction of sp³-hybridized carbons (Fsp3) is 0.385. The van der Waals surface area contributed by atoms with Gasteiger partial charge in [0, 0.05) is 13.1 Å². The first kappa shape index (κ1) is 13.2. The Bertz CT molecular complexity index is 470. The van der Waals surface area contributed by atoms with Crippen LogP contribution in [0, 0.1) is 5.92 Å². The molecular weight excluding hydrogens is 250 g/mol. The molecule has 1 amide bonds. The van der Waals surface area contributed by atoms with Crippen LogP contribution in [0.5, 0.6) is 5.75 Å². The number of rotatable bonds is 4. The number of hydrogen-bond acceptors (Lipinski definition) is 4. The van der Waals surface area contributed by atoms with Gasteiger partial charge in [0.15, 0.2) is 0 Å². The van der Waals surface area contributed by atoms with Gasteiger partial charge in [-0.25, -0.2) is 4.79 Å². The highest BCUT2D eigenvalue weighted by atomic mass is 16.6. The number of cyclic esters (lactones) is 1. The van der Waals surface area contributed by atoms with Crippen LogP contribution in [0.25, 0.3) is 0 Å². The molecule has 1 aliphatic rings. The first-order chi connectivity index (χ1) is 9.10. The number of ether oxygens (including phenoxy) is 2. The van der Waals surface area contributed by atoms with Gasteiger partial charge in [-0.3, -0.25) is 4.79 Å². The minimum Gasteiger partial charge on any atom is -0.497 e. The summed E-state index contributed by atoms with van der Waals surface area (Å²) in [5.74, 6) is -0.892. The summed E-state index contributed by atoms with van der Waals surface area (Å²) in [4.78, 5) is 23.9. The molecule has 0 aliphatic carbocycles. The van der Waals surface area contributed by atoms with E-state index in [9.17, 15) is 9.59 Å². The molecule has 0 saturated carbocycles. The van der Waals surface area contributed by atoms with Crippen molar-refractivity contribution in [3.63, 3.8) is 0 Å². The highest BCUT2D eigenvalue weighted by Gasteiger charge is 2.31. The van der Waals surface area contributed by atoms with Crippen molar-refractivity contribution < 1.29 is 24.2 Å². The van der Waals surface area contributed by atoms with E-state index in [2.05, 4.69) is 0 Å². The number of amides is 1. The molecule has 1 saturated heterocycles. The zero-order valence-corrected chi connectivity index (χ0v) is 10.5. The summed E-state index contributed by atoms with van der Waals surface area (Å²) >= 11 is 0. The van der Waals surface area contributed by atoms with Gasteiger partial charge in [-0.15, -0.1) is 0 Å². The summed E-state index contributed by atoms with van der Waals surface area (Å²) in [5, 5.41) is 8.94. The Kier molecular flexibility index (Phi) is 3.89. The normalized spacial score (nSPS) is 18.9. The Morgan fingerprint density at radius 3 is 2.74 bits per heavy atom. The number of nitrogens with zero attached hydrogens (tertiary/aromatic N) is 1. The summed E-state index contributed by atoms with van der Waals surface area (Å²) in [6, 6.07) is 7.24. The van der Waals surface area contributed by atoms with Crippen LogP contribution in [-0.2, 0) is 16.1 Å². The maximum absolute atomic E-state index is 11.6. The molecule has 1 unspecified atom stereocenters. The summed E-state index contributed by atoms with van der Waals surface area (Å²) < 4.78 is 9.91. The Labute approximate surface area is 110 Å². The van der Waals surface area contributed by atoms with Gasteiger partial charge in [0.2, 0.25) is 0 Å². The predicted molar refractivity (Wildman–Crippen MR) is 65.9 cm³/mol. The first-order valence-electron chi connectivity index (χ1n) is 5.87. The van der Waals surface area contributed by atoms with E-state index in [1.165, 1.54) is 4.90 Å². The maximum Gasteiger partial charge on any atom is 0.410 e. The van der Waals surface area contributed by atoms with Crippen molar-refractivity contribution in [2.75, 3.05) is 20.3 Å². The summed E-state index contributed by atoms with van der Waals surface area (Å²) in [6.07, 6.45) is -0.478. The topological polar surface area (TPSA) is 76.1 Å². The lowest BCUT2D eigenvalue weighted by atomic mass is 10.1. The van der Waals surface area contributed by atoms with Crippen molar-refractivity contribution in [1.29, 1.82) is 0 Å². The third kappa shape index (κ3) is 3.15. The number of carboxylic acid groups (broad SMARTS) is 1. The molecule has 2 rings (SSSR count). The van der Waals surface area contributed by atoms with Crippen LogP contribution in [0.3, 0.4) is 0 Å². The van der Waals surface area contributed by atoms with E-state index < -0.39 is 18.0 Å². The van der Waals surface area contributed by atoms with E-state index in [0.717, 1.165) is 11.3 Å². The smallest absolute Gasteiger partial charge is 0.410 e. The number of aliphatic carboxylic acids is 1. The summed E-state index contributed by atoms with van der Waals surface area (Å²) in [6.45, 7) is 0.431. The third-order valence-corrected chi connectivity index (χ3v) is 2.99. The zero-order valence-electron chi connectivity index (χ0n) is 10.5. The lowest BCUT2D eigenvalue weighted by Crippen LogP contribution is -2.45. The standard InChI is InChI=1S/C13H15NO5/c1-18-11-4-2-9(3-5-11)6-14-7-10(12(15)16)8-19-13(14)17/h2-5,10H,6-8H2,1H3,(H,15,16). The Morgan fingerprint density at radius 1 is 1.47 bits per heavy atom. The van der Waals surface area contributed by atoms with Gasteiger partial charge in [0.1, 0.15) is 18.3 Å². The number of carbonyl (C=O) groups is 2. The Balaban J connectivity index is 2.03. The van der Waals surface area contributed by atoms with Crippen molar-refractivity contribution in [3.05, 3.63) is 29.8 Å². The molecule has 0 radical (unpaired) electrons. The Morgan fingerprint density at radius 2 is 2.16 bits per heavy atom. The Hall–Kier alpha value is -2.24. The van der Waals surface area contributed by atoms with Crippen molar-refractivity contribution in [3.8, 4) is 5.75 Å². The molecule has 1 N–H and O–H groups in total. The van der Waals surface area contributed by atoms with Crippen LogP contribution >= 0.6 is 0 Å². The summed E-state index contributed by atoms with van der Waals surface area (Å²) in [5.41, 5.74) is 0.892. The molecule has 6 nitrogen and oxygen atoms in total. The van der Waals surface area contributed by atoms with Gasteiger partial charge in [-0.05, 0) is 17.7 Å². The van der Waals surface area contributed by atoms with Crippen LogP contribution in [0.4, 0.5) is 4.79 Å². The minimum atomic E-state index is -0.952. The number of carboxylic acids is 1. The second kappa shape index (κ2) is 5.60. The lowest BCUT2D eigenvalue weighted by molar-refractivity contribution is -0.145. The van der Waals surface area contributed by atoms with E-state index in [0.29, 0.717) is 6.54 Å².